The van der Waals surface area contributed by atoms with Crippen molar-refractivity contribution in [2.75, 3.05) is 14.2 Å². The fourth-order valence-electron chi connectivity index (χ4n) is 3.36. The normalized spacial score (nSPS) is 10.5. The lowest BCUT2D eigenvalue weighted by molar-refractivity contribution is 0.394. The molecule has 0 N–H and O–H groups in total. The van der Waals surface area contributed by atoms with Crippen LogP contribution in [0.25, 0.3) is 33.4 Å². The topological polar surface area (TPSA) is 18.5 Å². The van der Waals surface area contributed by atoms with Crippen molar-refractivity contribution in [1.29, 1.82) is 0 Å². The van der Waals surface area contributed by atoms with Crippen molar-refractivity contribution in [3.8, 4) is 44.9 Å². The zero-order valence-corrected chi connectivity index (χ0v) is 16.1. The third-order valence-corrected chi connectivity index (χ3v) is 4.83. The Morgan fingerprint density at radius 1 is 0.393 bits per heavy atom. The summed E-state index contributed by atoms with van der Waals surface area (Å²) in [6.07, 6.45) is 0. The fraction of sp³-hybridized carbons (Fsp3) is 0.0769. The molecule has 0 bridgehead atoms. The number of hydrogen-bond acceptors (Lipinski definition) is 2. The molecule has 0 radical (unpaired) electrons. The summed E-state index contributed by atoms with van der Waals surface area (Å²) in [6.45, 7) is 0. The van der Waals surface area contributed by atoms with E-state index in [1.165, 1.54) is 22.3 Å². The molecular weight excluding hydrogens is 344 g/mol. The van der Waals surface area contributed by atoms with E-state index in [0.717, 1.165) is 22.6 Å². The van der Waals surface area contributed by atoms with Crippen LogP contribution in [-0.4, -0.2) is 14.2 Å². The van der Waals surface area contributed by atoms with Crippen LogP contribution in [0.5, 0.6) is 11.5 Å². The van der Waals surface area contributed by atoms with Crippen molar-refractivity contribution in [2.24, 2.45) is 0 Å². The largest absolute Gasteiger partial charge is 0.497 e. The van der Waals surface area contributed by atoms with Crippen LogP contribution in [0.3, 0.4) is 0 Å². The van der Waals surface area contributed by atoms with Gasteiger partial charge in [-0.2, -0.15) is 0 Å². The maximum absolute atomic E-state index is 5.47. The third kappa shape index (κ3) is 3.77. The summed E-state index contributed by atoms with van der Waals surface area (Å²) in [5.74, 6) is 1.56. The Labute approximate surface area is 166 Å². The van der Waals surface area contributed by atoms with Gasteiger partial charge in [0, 0.05) is 6.07 Å². The van der Waals surface area contributed by atoms with Crippen LogP contribution in [0.4, 0.5) is 0 Å². The maximum atomic E-state index is 5.47. The lowest BCUT2D eigenvalue weighted by Crippen LogP contribution is -1.90. The molecule has 4 aromatic carbocycles. The molecule has 0 unspecified atom stereocenters. The van der Waals surface area contributed by atoms with Crippen molar-refractivity contribution >= 4 is 0 Å². The van der Waals surface area contributed by atoms with E-state index in [4.69, 9.17) is 9.47 Å². The van der Waals surface area contributed by atoms with Gasteiger partial charge in [0.15, 0.2) is 0 Å². The number of hydrogen-bond donors (Lipinski definition) is 0. The van der Waals surface area contributed by atoms with Gasteiger partial charge in [-0.05, 0) is 63.7 Å². The van der Waals surface area contributed by atoms with Crippen molar-refractivity contribution in [3.05, 3.63) is 97.1 Å². The molecule has 0 aliphatic rings. The van der Waals surface area contributed by atoms with Gasteiger partial charge in [0.25, 0.3) is 0 Å². The van der Waals surface area contributed by atoms with Gasteiger partial charge >= 0.3 is 0 Å². The Morgan fingerprint density at radius 2 is 0.750 bits per heavy atom. The monoisotopic (exact) mass is 366 g/mol. The average molecular weight is 366 g/mol. The summed E-state index contributed by atoms with van der Waals surface area (Å²) in [5.41, 5.74) is 6.92. The average Bonchev–Trinajstić information content (AvgIpc) is 2.79. The Bertz CT molecular complexity index is 990. The summed E-state index contributed by atoms with van der Waals surface area (Å²) >= 11 is 0. The highest BCUT2D eigenvalue weighted by molar-refractivity contribution is 5.81. The summed E-state index contributed by atoms with van der Waals surface area (Å²) in [5, 5.41) is 0. The van der Waals surface area contributed by atoms with E-state index >= 15 is 0 Å². The third-order valence-electron chi connectivity index (χ3n) is 4.83. The quantitative estimate of drug-likeness (QED) is 0.391. The first-order valence-corrected chi connectivity index (χ1v) is 9.26. The zero-order chi connectivity index (χ0) is 19.3. The minimum Gasteiger partial charge on any atom is -0.497 e. The van der Waals surface area contributed by atoms with E-state index in [-0.39, 0.29) is 0 Å². The number of rotatable bonds is 5. The number of ether oxygens (including phenoxy) is 2. The van der Waals surface area contributed by atoms with Gasteiger partial charge in [-0.3, -0.25) is 0 Å². The Kier molecular flexibility index (Phi) is 5.11. The van der Waals surface area contributed by atoms with E-state index in [9.17, 15) is 0 Å². The molecule has 0 saturated heterocycles. The first-order chi connectivity index (χ1) is 13.8. The van der Waals surface area contributed by atoms with Crippen molar-refractivity contribution < 1.29 is 9.47 Å². The summed E-state index contributed by atoms with van der Waals surface area (Å²) in [4.78, 5) is 0. The van der Waals surface area contributed by atoms with Gasteiger partial charge in [0.1, 0.15) is 11.5 Å². The second kappa shape index (κ2) is 8.01. The fourth-order valence-corrected chi connectivity index (χ4v) is 3.36. The van der Waals surface area contributed by atoms with Crippen LogP contribution in [0.1, 0.15) is 0 Å². The molecule has 4 rings (SSSR count). The van der Waals surface area contributed by atoms with Gasteiger partial charge in [-0.15, -0.1) is 0 Å². The van der Waals surface area contributed by atoms with Gasteiger partial charge in [0.2, 0.25) is 0 Å². The molecule has 2 heteroatoms. The minimum atomic E-state index is 0.778. The predicted molar refractivity (Wildman–Crippen MR) is 116 cm³/mol. The molecule has 0 heterocycles. The smallest absolute Gasteiger partial charge is 0.123 e. The predicted octanol–water partition coefficient (Wildman–Crippen LogP) is 6.70. The molecule has 0 atom stereocenters. The molecule has 0 spiro atoms. The minimum absolute atomic E-state index is 0.778. The van der Waals surface area contributed by atoms with Crippen LogP contribution in [-0.2, 0) is 0 Å². The first kappa shape index (κ1) is 17.9. The highest BCUT2D eigenvalue weighted by atomic mass is 16.5. The van der Waals surface area contributed by atoms with Crippen LogP contribution in [0.2, 0.25) is 0 Å². The van der Waals surface area contributed by atoms with E-state index in [1.54, 1.807) is 14.2 Å². The SMILES string of the molecule is COc1cc(OC)cc(-c2cc(-c3ccccc3)cc(-c3ccccc3)c2)c1. The molecule has 2 nitrogen and oxygen atoms in total. The summed E-state index contributed by atoms with van der Waals surface area (Å²) in [6, 6.07) is 33.6. The second-order valence-electron chi connectivity index (χ2n) is 6.63. The van der Waals surface area contributed by atoms with Gasteiger partial charge in [-0.25, -0.2) is 0 Å². The van der Waals surface area contributed by atoms with E-state index < -0.39 is 0 Å². The second-order valence-corrected chi connectivity index (χ2v) is 6.63. The van der Waals surface area contributed by atoms with Crippen LogP contribution in [0, 0.1) is 0 Å². The van der Waals surface area contributed by atoms with Gasteiger partial charge in [-0.1, -0.05) is 60.7 Å². The molecule has 0 aliphatic heterocycles. The van der Waals surface area contributed by atoms with E-state index in [0.29, 0.717) is 0 Å². The highest BCUT2D eigenvalue weighted by Gasteiger charge is 2.09. The molecule has 0 aliphatic carbocycles. The highest BCUT2D eigenvalue weighted by Crippen LogP contribution is 2.35. The molecule has 28 heavy (non-hydrogen) atoms. The standard InChI is InChI=1S/C26H22O2/c1-27-25-16-24(17-26(18-25)28-2)23-14-21(19-9-5-3-6-10-19)13-22(15-23)20-11-7-4-8-12-20/h3-18H,1-2H3. The zero-order valence-electron chi connectivity index (χ0n) is 16.1. The van der Waals surface area contributed by atoms with Crippen molar-refractivity contribution in [3.63, 3.8) is 0 Å². The summed E-state index contributed by atoms with van der Waals surface area (Å²) in [7, 11) is 3.35. The molecule has 0 saturated carbocycles. The van der Waals surface area contributed by atoms with Crippen LogP contribution < -0.4 is 9.47 Å². The Morgan fingerprint density at radius 3 is 1.14 bits per heavy atom. The number of methoxy groups -OCH3 is 2. The van der Waals surface area contributed by atoms with Crippen LogP contribution >= 0.6 is 0 Å². The lowest BCUT2D eigenvalue weighted by Gasteiger charge is -2.13. The van der Waals surface area contributed by atoms with Crippen molar-refractivity contribution in [1.82, 2.24) is 0 Å². The maximum Gasteiger partial charge on any atom is 0.123 e. The Balaban J connectivity index is 1.92. The van der Waals surface area contributed by atoms with Gasteiger partial charge in [0.05, 0.1) is 14.2 Å². The van der Waals surface area contributed by atoms with Gasteiger partial charge < -0.3 is 9.47 Å². The molecular formula is C26H22O2. The molecule has 0 aromatic heterocycles. The summed E-state index contributed by atoms with van der Waals surface area (Å²) < 4.78 is 10.9. The molecule has 0 amide bonds. The Hall–Kier alpha value is -3.52. The first-order valence-electron chi connectivity index (χ1n) is 9.26. The van der Waals surface area contributed by atoms with E-state index in [2.05, 4.69) is 66.7 Å². The molecule has 138 valence electrons. The van der Waals surface area contributed by atoms with Crippen molar-refractivity contribution in [2.45, 2.75) is 0 Å². The lowest BCUT2D eigenvalue weighted by atomic mass is 9.93. The van der Waals surface area contributed by atoms with E-state index in [1.807, 2.05) is 30.3 Å². The molecule has 4 aromatic rings. The van der Waals surface area contributed by atoms with Crippen LogP contribution in [0.15, 0.2) is 97.1 Å². The number of benzene rings is 4. The molecule has 0 fully saturated rings.